The molecule has 1 N–H and O–H groups in total. The minimum absolute atomic E-state index is 0.367. The normalized spacial score (nSPS) is 13.0. The summed E-state index contributed by atoms with van der Waals surface area (Å²) in [5.41, 5.74) is -0.367. The Morgan fingerprint density at radius 1 is 1.50 bits per heavy atom. The lowest BCUT2D eigenvalue weighted by Crippen LogP contribution is -1.87. The van der Waals surface area contributed by atoms with Gasteiger partial charge < -0.3 is 0 Å². The van der Waals surface area contributed by atoms with E-state index in [9.17, 15) is 8.78 Å². The Hall–Kier alpha value is -0.380. The zero-order chi connectivity index (χ0) is 6.73. The molecule has 0 aromatic heterocycles. The van der Waals surface area contributed by atoms with E-state index in [4.69, 9.17) is 5.41 Å². The van der Waals surface area contributed by atoms with E-state index >= 15 is 0 Å². The van der Waals surface area contributed by atoms with Crippen LogP contribution in [-0.2, 0) is 0 Å². The average molecular weight is 137 g/mol. The summed E-state index contributed by atoms with van der Waals surface area (Å²) in [7, 11) is 0. The molecule has 0 fully saturated rings. The van der Waals surface area contributed by atoms with Crippen molar-refractivity contribution in [2.45, 2.75) is 6.92 Å². The van der Waals surface area contributed by atoms with Crippen molar-refractivity contribution in [3.05, 3.63) is 10.7 Å². The highest BCUT2D eigenvalue weighted by Crippen LogP contribution is 2.10. The number of hydrogen-bond donors (Lipinski definition) is 2. The molecule has 0 aliphatic carbocycles. The van der Waals surface area contributed by atoms with Crippen LogP contribution in [0.1, 0.15) is 6.92 Å². The van der Waals surface area contributed by atoms with Crippen molar-refractivity contribution < 1.29 is 8.78 Å². The summed E-state index contributed by atoms with van der Waals surface area (Å²) >= 11 is 3.16. The van der Waals surface area contributed by atoms with Crippen LogP contribution in [0.25, 0.3) is 0 Å². The molecule has 0 bridgehead atoms. The molecule has 0 spiro atoms. The zero-order valence-corrected chi connectivity index (χ0v) is 5.10. The molecule has 46 valence electrons. The second-order valence-corrected chi connectivity index (χ2v) is 1.62. The van der Waals surface area contributed by atoms with Crippen LogP contribution in [0.15, 0.2) is 10.7 Å². The quantitative estimate of drug-likeness (QED) is 0.408. The van der Waals surface area contributed by atoms with E-state index in [2.05, 4.69) is 12.6 Å². The fourth-order valence-electron chi connectivity index (χ4n) is 0.0906. The predicted octanol–water partition coefficient (Wildman–Crippen LogP) is 2.06. The predicted molar refractivity (Wildman–Crippen MR) is 31.6 cm³/mol. The van der Waals surface area contributed by atoms with Crippen LogP contribution in [0, 0.1) is 5.41 Å². The Morgan fingerprint density at radius 3 is 1.88 bits per heavy atom. The molecule has 0 atom stereocenters. The van der Waals surface area contributed by atoms with Gasteiger partial charge >= 0.3 is 0 Å². The van der Waals surface area contributed by atoms with Crippen molar-refractivity contribution in [1.82, 2.24) is 0 Å². The molecule has 0 aromatic carbocycles. The van der Waals surface area contributed by atoms with Gasteiger partial charge in [0.15, 0.2) is 5.16 Å². The third-order valence-electron chi connectivity index (χ3n) is 0.639. The molecule has 0 heterocycles. The van der Waals surface area contributed by atoms with Crippen LogP contribution in [-0.4, -0.2) is 5.97 Å². The first-order valence-corrected chi connectivity index (χ1v) is 2.30. The van der Waals surface area contributed by atoms with Gasteiger partial charge in [0.05, 0.1) is 0 Å². The Bertz CT molecular complexity index is 137. The molecule has 0 saturated heterocycles. The van der Waals surface area contributed by atoms with Gasteiger partial charge in [0.25, 0.3) is 0 Å². The minimum atomic E-state index is -1.28. The van der Waals surface area contributed by atoms with Gasteiger partial charge in [0.1, 0.15) is 0 Å². The summed E-state index contributed by atoms with van der Waals surface area (Å²) in [4.78, 5) is 0. The van der Waals surface area contributed by atoms with Crippen molar-refractivity contribution in [2.75, 3.05) is 0 Å². The maximum atomic E-state index is 11.7. The second-order valence-electron chi connectivity index (χ2n) is 1.23. The van der Waals surface area contributed by atoms with Crippen LogP contribution >= 0.6 is 12.6 Å². The first-order chi connectivity index (χ1) is 3.55. The lowest BCUT2D eigenvalue weighted by Gasteiger charge is -1.89. The van der Waals surface area contributed by atoms with Crippen LogP contribution in [0.4, 0.5) is 8.78 Å². The first-order valence-electron chi connectivity index (χ1n) is 1.85. The summed E-state index contributed by atoms with van der Waals surface area (Å²) in [5.74, 6) is -1.28. The van der Waals surface area contributed by atoms with Crippen molar-refractivity contribution in [3.8, 4) is 0 Å². The highest BCUT2D eigenvalue weighted by Gasteiger charge is 2.00. The maximum absolute atomic E-state index is 11.7. The molecule has 0 unspecified atom stereocenters. The van der Waals surface area contributed by atoms with E-state index < -0.39 is 11.1 Å². The van der Waals surface area contributed by atoms with Crippen LogP contribution in [0.5, 0.6) is 0 Å². The standard InChI is InChI=1S/C4H5F2NS/c1-2(3(5)7)4(6)8/h7-8H,1H3/b4-2-,7-3?. The zero-order valence-electron chi connectivity index (χ0n) is 4.20. The lowest BCUT2D eigenvalue weighted by atomic mass is 10.4. The van der Waals surface area contributed by atoms with Gasteiger partial charge in [0, 0.05) is 5.57 Å². The van der Waals surface area contributed by atoms with E-state index in [-0.39, 0.29) is 5.57 Å². The first kappa shape index (κ1) is 7.62. The van der Waals surface area contributed by atoms with Crippen molar-refractivity contribution in [3.63, 3.8) is 0 Å². The highest BCUT2D eigenvalue weighted by molar-refractivity contribution is 7.84. The Kier molecular flexibility index (Phi) is 2.68. The van der Waals surface area contributed by atoms with Crippen LogP contribution in [0.3, 0.4) is 0 Å². The van der Waals surface area contributed by atoms with Gasteiger partial charge in [-0.25, -0.2) is 0 Å². The molecule has 0 radical (unpaired) electrons. The van der Waals surface area contributed by atoms with E-state index in [1.807, 2.05) is 0 Å². The minimum Gasteiger partial charge on any atom is -0.274 e. The van der Waals surface area contributed by atoms with Gasteiger partial charge in [-0.3, -0.25) is 5.41 Å². The fraction of sp³-hybridized carbons (Fsp3) is 0.250. The van der Waals surface area contributed by atoms with Crippen molar-refractivity contribution in [1.29, 1.82) is 5.41 Å². The summed E-state index contributed by atoms with van der Waals surface area (Å²) < 4.78 is 23.3. The van der Waals surface area contributed by atoms with Gasteiger partial charge in [-0.1, -0.05) is 0 Å². The maximum Gasteiger partial charge on any atom is 0.211 e. The molecule has 1 nitrogen and oxygen atoms in total. The third kappa shape index (κ3) is 2.07. The topological polar surface area (TPSA) is 23.9 Å². The fourth-order valence-corrected chi connectivity index (χ4v) is 0.189. The molecule has 0 saturated carbocycles. The Balaban J connectivity index is 4.23. The summed E-state index contributed by atoms with van der Waals surface area (Å²) in [5, 5.41) is 5.27. The lowest BCUT2D eigenvalue weighted by molar-refractivity contribution is 0.687. The highest BCUT2D eigenvalue weighted by atomic mass is 32.1. The van der Waals surface area contributed by atoms with Crippen LogP contribution < -0.4 is 0 Å². The number of halogens is 2. The number of nitrogens with one attached hydrogen (secondary N) is 1. The molecular formula is C4H5F2NS. The SMILES string of the molecule is C/C(C(=N)F)=C(\F)S. The molecule has 0 rings (SSSR count). The summed E-state index contributed by atoms with van der Waals surface area (Å²) in [6, 6.07) is 0. The number of rotatable bonds is 1. The number of hydrogen-bond acceptors (Lipinski definition) is 2. The van der Waals surface area contributed by atoms with E-state index in [0.29, 0.717) is 0 Å². The van der Waals surface area contributed by atoms with Gasteiger partial charge in [-0.05, 0) is 6.92 Å². The molecule has 8 heavy (non-hydrogen) atoms. The molecule has 4 heteroatoms. The smallest absolute Gasteiger partial charge is 0.211 e. The molecular weight excluding hydrogens is 132 g/mol. The largest absolute Gasteiger partial charge is 0.274 e. The molecule has 0 amide bonds. The van der Waals surface area contributed by atoms with Gasteiger partial charge in [0.2, 0.25) is 5.97 Å². The van der Waals surface area contributed by atoms with E-state index in [1.54, 1.807) is 0 Å². The second kappa shape index (κ2) is 2.81. The molecule has 0 aliphatic rings. The monoisotopic (exact) mass is 137 g/mol. The van der Waals surface area contributed by atoms with Gasteiger partial charge in [-0.15, -0.1) is 12.6 Å². The summed E-state index contributed by atoms with van der Waals surface area (Å²) in [6.07, 6.45) is 0. The molecule has 0 aromatic rings. The third-order valence-corrected chi connectivity index (χ3v) is 0.974. The van der Waals surface area contributed by atoms with Crippen molar-refractivity contribution >= 4 is 18.6 Å². The summed E-state index contributed by atoms with van der Waals surface area (Å²) in [6.45, 7) is 1.14. The number of thiol groups is 1. The van der Waals surface area contributed by atoms with E-state index in [1.165, 1.54) is 0 Å². The Labute approximate surface area is 51.3 Å². The average Bonchev–Trinajstić information content (AvgIpc) is 1.64. The Morgan fingerprint density at radius 2 is 1.88 bits per heavy atom. The number of allylic oxidation sites excluding steroid dienone is 1. The van der Waals surface area contributed by atoms with Crippen molar-refractivity contribution in [2.24, 2.45) is 0 Å². The molecule has 0 aliphatic heterocycles. The van der Waals surface area contributed by atoms with Gasteiger partial charge in [-0.2, -0.15) is 8.78 Å². The van der Waals surface area contributed by atoms with E-state index in [0.717, 1.165) is 6.92 Å². The van der Waals surface area contributed by atoms with Crippen LogP contribution in [0.2, 0.25) is 0 Å².